The van der Waals surface area contributed by atoms with Gasteiger partial charge in [-0.2, -0.15) is 0 Å². The van der Waals surface area contributed by atoms with Gasteiger partial charge >= 0.3 is 0 Å². The number of benzene rings is 1. The summed E-state index contributed by atoms with van der Waals surface area (Å²) >= 11 is 0. The maximum Gasteiger partial charge on any atom is 0.123 e. The minimum atomic E-state index is -0.146. The molecule has 2 fully saturated rings. The third kappa shape index (κ3) is 3.29. The van der Waals surface area contributed by atoms with Crippen molar-refractivity contribution in [3.05, 3.63) is 35.6 Å². The molecule has 2 aliphatic rings. The van der Waals surface area contributed by atoms with Gasteiger partial charge in [0.2, 0.25) is 0 Å². The standard InChI is InChI=1S/C18H26FNO/c1-20-17(14-6-5-7-16(19)12-14)15-8-11-21-18(13-15)9-3-2-4-10-18/h5-7,12,15,17,20H,2-4,8-11,13H2,1H3. The zero-order valence-corrected chi connectivity index (χ0v) is 12.9. The van der Waals surface area contributed by atoms with Crippen LogP contribution in [0.4, 0.5) is 4.39 Å². The Morgan fingerprint density at radius 3 is 2.81 bits per heavy atom. The molecule has 0 aromatic heterocycles. The second-order valence-corrected chi connectivity index (χ2v) is 6.67. The van der Waals surface area contributed by atoms with Gasteiger partial charge < -0.3 is 10.1 Å². The van der Waals surface area contributed by atoms with Crippen LogP contribution in [0, 0.1) is 11.7 Å². The number of hydrogen-bond donors (Lipinski definition) is 1. The maximum atomic E-state index is 13.5. The second kappa shape index (κ2) is 6.45. The van der Waals surface area contributed by atoms with Crippen molar-refractivity contribution in [3.8, 4) is 0 Å². The van der Waals surface area contributed by atoms with E-state index in [9.17, 15) is 4.39 Å². The van der Waals surface area contributed by atoms with E-state index in [4.69, 9.17) is 4.74 Å². The molecule has 2 nitrogen and oxygen atoms in total. The smallest absolute Gasteiger partial charge is 0.123 e. The molecule has 0 radical (unpaired) electrons. The Kier molecular flexibility index (Phi) is 4.60. The van der Waals surface area contributed by atoms with Gasteiger partial charge in [0.05, 0.1) is 5.60 Å². The molecule has 1 aromatic carbocycles. The van der Waals surface area contributed by atoms with Crippen LogP contribution >= 0.6 is 0 Å². The lowest BCUT2D eigenvalue weighted by atomic mass is 9.73. The largest absolute Gasteiger partial charge is 0.375 e. The molecule has 116 valence electrons. The third-order valence-electron chi connectivity index (χ3n) is 5.29. The molecule has 0 amide bonds. The van der Waals surface area contributed by atoms with Crippen molar-refractivity contribution in [2.75, 3.05) is 13.7 Å². The van der Waals surface area contributed by atoms with E-state index in [1.165, 1.54) is 38.2 Å². The van der Waals surface area contributed by atoms with Crippen molar-refractivity contribution in [2.45, 2.75) is 56.6 Å². The molecule has 3 rings (SSSR count). The lowest BCUT2D eigenvalue weighted by molar-refractivity contribution is -0.121. The highest BCUT2D eigenvalue weighted by Crippen LogP contribution is 2.44. The van der Waals surface area contributed by atoms with E-state index < -0.39 is 0 Å². The molecule has 2 unspecified atom stereocenters. The monoisotopic (exact) mass is 291 g/mol. The third-order valence-corrected chi connectivity index (χ3v) is 5.29. The van der Waals surface area contributed by atoms with Crippen LogP contribution in [0.3, 0.4) is 0 Å². The van der Waals surface area contributed by atoms with Crippen LogP contribution in [0.15, 0.2) is 24.3 Å². The van der Waals surface area contributed by atoms with E-state index in [2.05, 4.69) is 5.32 Å². The summed E-state index contributed by atoms with van der Waals surface area (Å²) in [5.41, 5.74) is 1.17. The van der Waals surface area contributed by atoms with Crippen molar-refractivity contribution in [1.29, 1.82) is 0 Å². The van der Waals surface area contributed by atoms with Crippen LogP contribution in [0.2, 0.25) is 0 Å². The fourth-order valence-corrected chi connectivity index (χ4v) is 4.27. The summed E-state index contributed by atoms with van der Waals surface area (Å²) in [5.74, 6) is 0.385. The molecule has 21 heavy (non-hydrogen) atoms. The van der Waals surface area contributed by atoms with E-state index in [1.807, 2.05) is 19.2 Å². The molecule has 1 saturated carbocycles. The number of hydrogen-bond acceptors (Lipinski definition) is 2. The molecule has 1 aliphatic carbocycles. The highest BCUT2D eigenvalue weighted by molar-refractivity contribution is 5.21. The average molecular weight is 291 g/mol. The fourth-order valence-electron chi connectivity index (χ4n) is 4.27. The lowest BCUT2D eigenvalue weighted by Gasteiger charge is -2.45. The van der Waals surface area contributed by atoms with Gasteiger partial charge in [-0.3, -0.25) is 0 Å². The van der Waals surface area contributed by atoms with Crippen molar-refractivity contribution in [2.24, 2.45) is 5.92 Å². The molecule has 2 atom stereocenters. The Morgan fingerprint density at radius 2 is 2.10 bits per heavy atom. The van der Waals surface area contributed by atoms with Gasteiger partial charge in [0.1, 0.15) is 5.82 Å². The van der Waals surface area contributed by atoms with E-state index in [0.717, 1.165) is 25.0 Å². The highest BCUT2D eigenvalue weighted by atomic mass is 19.1. The zero-order valence-electron chi connectivity index (χ0n) is 12.9. The summed E-state index contributed by atoms with van der Waals surface area (Å²) in [6.45, 7) is 0.845. The molecule has 0 bridgehead atoms. The molecular weight excluding hydrogens is 265 g/mol. The Labute approximate surface area is 127 Å². The SMILES string of the molecule is CNC(c1cccc(F)c1)C1CCOC2(CCCCC2)C1. The first-order chi connectivity index (χ1) is 10.2. The molecule has 1 saturated heterocycles. The Bertz CT molecular complexity index is 465. The number of nitrogens with one attached hydrogen (secondary N) is 1. The van der Waals surface area contributed by atoms with Gasteiger partial charge in [-0.15, -0.1) is 0 Å². The fraction of sp³-hybridized carbons (Fsp3) is 0.667. The first-order valence-electron chi connectivity index (χ1n) is 8.29. The van der Waals surface area contributed by atoms with Crippen molar-refractivity contribution >= 4 is 0 Å². The Hall–Kier alpha value is -0.930. The van der Waals surface area contributed by atoms with Crippen molar-refractivity contribution in [3.63, 3.8) is 0 Å². The van der Waals surface area contributed by atoms with E-state index >= 15 is 0 Å². The first kappa shape index (κ1) is 15.0. The van der Waals surface area contributed by atoms with Gasteiger partial charge in [-0.05, 0) is 56.3 Å². The first-order valence-corrected chi connectivity index (χ1v) is 8.29. The topological polar surface area (TPSA) is 21.3 Å². The summed E-state index contributed by atoms with van der Waals surface area (Å²) in [7, 11) is 1.98. The summed E-state index contributed by atoms with van der Waals surface area (Å²) < 4.78 is 19.7. The zero-order chi connectivity index (χ0) is 14.7. The van der Waals surface area contributed by atoms with Crippen LogP contribution in [-0.4, -0.2) is 19.3 Å². The van der Waals surface area contributed by atoms with Gasteiger partial charge in [0.25, 0.3) is 0 Å². The predicted octanol–water partition coefficient (Wildman–Crippen LogP) is 4.22. The van der Waals surface area contributed by atoms with E-state index in [1.54, 1.807) is 6.07 Å². The van der Waals surface area contributed by atoms with Gasteiger partial charge in [-0.1, -0.05) is 31.4 Å². The summed E-state index contributed by atoms with van der Waals surface area (Å²) in [6, 6.07) is 7.26. The van der Waals surface area contributed by atoms with Gasteiger partial charge in [0.15, 0.2) is 0 Å². The summed E-state index contributed by atoms with van der Waals surface area (Å²) in [5, 5.41) is 3.42. The molecule has 1 N–H and O–H groups in total. The van der Waals surface area contributed by atoms with E-state index in [-0.39, 0.29) is 17.5 Å². The molecule has 1 aliphatic heterocycles. The average Bonchev–Trinajstić information content (AvgIpc) is 2.49. The minimum Gasteiger partial charge on any atom is -0.375 e. The Balaban J connectivity index is 1.77. The van der Waals surface area contributed by atoms with Crippen LogP contribution < -0.4 is 5.32 Å². The normalized spacial score (nSPS) is 26.7. The molecule has 1 heterocycles. The van der Waals surface area contributed by atoms with Crippen molar-refractivity contribution in [1.82, 2.24) is 5.32 Å². The van der Waals surface area contributed by atoms with Crippen LogP contribution in [0.1, 0.15) is 56.6 Å². The maximum absolute atomic E-state index is 13.5. The number of rotatable bonds is 3. The predicted molar refractivity (Wildman–Crippen MR) is 82.7 cm³/mol. The van der Waals surface area contributed by atoms with Crippen molar-refractivity contribution < 1.29 is 9.13 Å². The highest BCUT2D eigenvalue weighted by Gasteiger charge is 2.40. The number of halogens is 1. The van der Waals surface area contributed by atoms with Crippen LogP contribution in [0.5, 0.6) is 0 Å². The molecule has 1 spiro atoms. The quantitative estimate of drug-likeness (QED) is 0.900. The minimum absolute atomic E-state index is 0.101. The lowest BCUT2D eigenvalue weighted by Crippen LogP contribution is -2.44. The summed E-state index contributed by atoms with van der Waals surface area (Å²) in [6.07, 6.45) is 8.48. The molecular formula is C18H26FNO. The van der Waals surface area contributed by atoms with E-state index in [0.29, 0.717) is 5.92 Å². The van der Waals surface area contributed by atoms with Crippen LogP contribution in [0.25, 0.3) is 0 Å². The molecule has 1 aromatic rings. The van der Waals surface area contributed by atoms with Crippen LogP contribution in [-0.2, 0) is 4.74 Å². The molecule has 3 heteroatoms. The second-order valence-electron chi connectivity index (χ2n) is 6.67. The van der Waals surface area contributed by atoms with Gasteiger partial charge in [0, 0.05) is 12.6 Å². The Morgan fingerprint density at radius 1 is 1.29 bits per heavy atom. The summed E-state index contributed by atoms with van der Waals surface area (Å²) in [4.78, 5) is 0. The van der Waals surface area contributed by atoms with Gasteiger partial charge in [-0.25, -0.2) is 4.39 Å². The number of ether oxygens (including phenoxy) is 1.